The Kier molecular flexibility index (Phi) is 6.56. The Morgan fingerprint density at radius 2 is 2.00 bits per heavy atom. The first-order valence-corrected chi connectivity index (χ1v) is 5.92. The number of carboxylic acids is 1. The Labute approximate surface area is 111 Å². The van der Waals surface area contributed by atoms with E-state index < -0.39 is 12.0 Å². The van der Waals surface area contributed by atoms with Gasteiger partial charge in [-0.25, -0.2) is 0 Å². The third-order valence-corrected chi connectivity index (χ3v) is 2.47. The van der Waals surface area contributed by atoms with E-state index in [4.69, 9.17) is 9.84 Å². The van der Waals surface area contributed by atoms with E-state index in [1.54, 1.807) is 37.4 Å². The minimum absolute atomic E-state index is 0.0599. The largest absolute Gasteiger partial charge is 0.480 e. The Bertz CT molecular complexity index is 408. The fraction of sp³-hybridized carbons (Fsp3) is 0.385. The van der Waals surface area contributed by atoms with Gasteiger partial charge in [0.15, 0.2) is 0 Å². The maximum absolute atomic E-state index is 11.5. The van der Waals surface area contributed by atoms with Crippen LogP contribution in [-0.2, 0) is 14.3 Å². The first-order chi connectivity index (χ1) is 9.15. The van der Waals surface area contributed by atoms with E-state index in [2.05, 4.69) is 10.6 Å². The zero-order valence-electron chi connectivity index (χ0n) is 10.8. The Morgan fingerprint density at radius 3 is 2.58 bits per heavy atom. The van der Waals surface area contributed by atoms with Gasteiger partial charge in [0, 0.05) is 13.7 Å². The molecular weight excluding hydrogens is 248 g/mol. The van der Waals surface area contributed by atoms with Crippen LogP contribution in [0.5, 0.6) is 0 Å². The average Bonchev–Trinajstić information content (AvgIpc) is 2.40. The van der Waals surface area contributed by atoms with Gasteiger partial charge >= 0.3 is 5.97 Å². The minimum atomic E-state index is -1.02. The van der Waals surface area contributed by atoms with Crippen LogP contribution in [-0.4, -0.2) is 43.8 Å². The normalized spacial score (nSPS) is 11.8. The van der Waals surface area contributed by atoms with Crippen LogP contribution >= 0.6 is 0 Å². The number of nitrogens with one attached hydrogen (secondary N) is 2. The Hall–Kier alpha value is -1.92. The van der Waals surface area contributed by atoms with Crippen LogP contribution in [0.2, 0.25) is 0 Å². The molecule has 0 aliphatic heterocycles. The van der Waals surface area contributed by atoms with Gasteiger partial charge < -0.3 is 15.2 Å². The third kappa shape index (κ3) is 5.50. The molecule has 1 aromatic carbocycles. The summed E-state index contributed by atoms with van der Waals surface area (Å²) < 4.78 is 4.80. The molecule has 0 fully saturated rings. The Balaban J connectivity index is 2.47. The number of carbonyl (C=O) groups is 2. The summed E-state index contributed by atoms with van der Waals surface area (Å²) in [5.41, 5.74) is 0.611. The summed E-state index contributed by atoms with van der Waals surface area (Å²) in [5.74, 6) is -1.28. The molecule has 0 saturated carbocycles. The summed E-state index contributed by atoms with van der Waals surface area (Å²) in [6.45, 7) is 0.766. The number of carbonyl (C=O) groups excluding carboxylic acids is 1. The fourth-order valence-corrected chi connectivity index (χ4v) is 1.54. The van der Waals surface area contributed by atoms with E-state index in [0.29, 0.717) is 18.7 Å². The van der Waals surface area contributed by atoms with Gasteiger partial charge in [-0.1, -0.05) is 30.3 Å². The smallest absolute Gasteiger partial charge is 0.325 e. The maximum atomic E-state index is 11.5. The van der Waals surface area contributed by atoms with Crippen LogP contribution in [0, 0.1) is 0 Å². The molecule has 1 rings (SSSR count). The Morgan fingerprint density at radius 1 is 1.32 bits per heavy atom. The zero-order chi connectivity index (χ0) is 14.1. The number of aliphatic carboxylic acids is 1. The summed E-state index contributed by atoms with van der Waals surface area (Å²) in [7, 11) is 1.54. The predicted octanol–water partition coefficient (Wildman–Crippen LogP) is 0.165. The molecule has 3 N–H and O–H groups in total. The number of carboxylic acid groups (broad SMARTS) is 1. The fourth-order valence-electron chi connectivity index (χ4n) is 1.54. The second-order valence-corrected chi connectivity index (χ2v) is 3.91. The van der Waals surface area contributed by atoms with Gasteiger partial charge in [-0.15, -0.1) is 0 Å². The van der Waals surface area contributed by atoms with Crippen molar-refractivity contribution >= 4 is 11.9 Å². The number of ether oxygens (including phenoxy) is 1. The lowest BCUT2D eigenvalue weighted by Crippen LogP contribution is -2.39. The van der Waals surface area contributed by atoms with Crippen molar-refractivity contribution in [3.63, 3.8) is 0 Å². The van der Waals surface area contributed by atoms with Crippen molar-refractivity contribution in [2.24, 2.45) is 0 Å². The molecule has 0 spiro atoms. The van der Waals surface area contributed by atoms with Crippen LogP contribution in [0.1, 0.15) is 11.6 Å². The van der Waals surface area contributed by atoms with Crippen LogP contribution in [0.15, 0.2) is 30.3 Å². The molecule has 1 aromatic rings. The van der Waals surface area contributed by atoms with E-state index in [1.165, 1.54) is 0 Å². The summed E-state index contributed by atoms with van der Waals surface area (Å²) in [6, 6.07) is 7.83. The van der Waals surface area contributed by atoms with Crippen LogP contribution in [0.4, 0.5) is 0 Å². The number of rotatable bonds is 8. The second kappa shape index (κ2) is 8.23. The molecule has 19 heavy (non-hydrogen) atoms. The standard InChI is InChI=1S/C13H18N2O4/c1-19-8-7-14-11(16)9-15-12(13(17)18)10-5-3-2-4-6-10/h2-6,12,15H,7-9H2,1H3,(H,14,16)(H,17,18). The lowest BCUT2D eigenvalue weighted by molar-refractivity contribution is -0.139. The summed E-state index contributed by atoms with van der Waals surface area (Å²) >= 11 is 0. The number of methoxy groups -OCH3 is 1. The number of benzene rings is 1. The average molecular weight is 266 g/mol. The molecule has 104 valence electrons. The number of hydrogen-bond donors (Lipinski definition) is 3. The van der Waals surface area contributed by atoms with Crippen molar-refractivity contribution in [3.05, 3.63) is 35.9 Å². The summed E-state index contributed by atoms with van der Waals surface area (Å²) in [6.07, 6.45) is 0. The van der Waals surface area contributed by atoms with Gasteiger partial charge in [-0.3, -0.25) is 14.9 Å². The van der Waals surface area contributed by atoms with Crippen molar-refractivity contribution in [3.8, 4) is 0 Å². The molecule has 6 nitrogen and oxygen atoms in total. The molecule has 0 bridgehead atoms. The van der Waals surface area contributed by atoms with Crippen LogP contribution in [0.3, 0.4) is 0 Å². The van der Waals surface area contributed by atoms with E-state index in [9.17, 15) is 9.59 Å². The highest BCUT2D eigenvalue weighted by atomic mass is 16.5. The first-order valence-electron chi connectivity index (χ1n) is 5.92. The van der Waals surface area contributed by atoms with E-state index >= 15 is 0 Å². The van der Waals surface area contributed by atoms with Gasteiger partial charge in [0.25, 0.3) is 0 Å². The predicted molar refractivity (Wildman–Crippen MR) is 69.7 cm³/mol. The molecule has 0 heterocycles. The zero-order valence-corrected chi connectivity index (χ0v) is 10.8. The maximum Gasteiger partial charge on any atom is 0.325 e. The molecule has 0 aliphatic carbocycles. The van der Waals surface area contributed by atoms with Gasteiger partial charge in [-0.05, 0) is 5.56 Å². The van der Waals surface area contributed by atoms with E-state index in [0.717, 1.165) is 0 Å². The van der Waals surface area contributed by atoms with Gasteiger partial charge in [0.05, 0.1) is 13.2 Å². The SMILES string of the molecule is COCCNC(=O)CNC(C(=O)O)c1ccccc1. The second-order valence-electron chi connectivity index (χ2n) is 3.91. The highest BCUT2D eigenvalue weighted by Crippen LogP contribution is 2.11. The third-order valence-electron chi connectivity index (χ3n) is 2.47. The van der Waals surface area contributed by atoms with Crippen LogP contribution < -0.4 is 10.6 Å². The van der Waals surface area contributed by atoms with Crippen LogP contribution in [0.25, 0.3) is 0 Å². The summed E-state index contributed by atoms with van der Waals surface area (Å²) in [5, 5.41) is 14.5. The van der Waals surface area contributed by atoms with Crippen molar-refractivity contribution in [1.82, 2.24) is 10.6 Å². The quantitative estimate of drug-likeness (QED) is 0.584. The molecule has 1 unspecified atom stereocenters. The van der Waals surface area contributed by atoms with Crippen molar-refractivity contribution in [1.29, 1.82) is 0 Å². The van der Waals surface area contributed by atoms with E-state index in [1.807, 2.05) is 0 Å². The summed E-state index contributed by atoms with van der Waals surface area (Å²) in [4.78, 5) is 22.6. The van der Waals surface area contributed by atoms with Crippen molar-refractivity contribution in [2.45, 2.75) is 6.04 Å². The highest BCUT2D eigenvalue weighted by molar-refractivity contribution is 5.80. The first kappa shape index (κ1) is 15.1. The monoisotopic (exact) mass is 266 g/mol. The van der Waals surface area contributed by atoms with E-state index in [-0.39, 0.29) is 12.5 Å². The van der Waals surface area contributed by atoms with Crippen molar-refractivity contribution in [2.75, 3.05) is 26.8 Å². The van der Waals surface area contributed by atoms with Gasteiger partial charge in [0.2, 0.25) is 5.91 Å². The molecule has 0 saturated heterocycles. The molecule has 1 atom stereocenters. The molecule has 0 radical (unpaired) electrons. The molecule has 0 aromatic heterocycles. The molecular formula is C13H18N2O4. The van der Waals surface area contributed by atoms with Crippen molar-refractivity contribution < 1.29 is 19.4 Å². The molecule has 1 amide bonds. The minimum Gasteiger partial charge on any atom is -0.480 e. The highest BCUT2D eigenvalue weighted by Gasteiger charge is 2.19. The topological polar surface area (TPSA) is 87.7 Å². The lowest BCUT2D eigenvalue weighted by Gasteiger charge is -2.14. The lowest BCUT2D eigenvalue weighted by atomic mass is 10.1. The number of hydrogen-bond acceptors (Lipinski definition) is 4. The number of amides is 1. The van der Waals surface area contributed by atoms with Gasteiger partial charge in [-0.2, -0.15) is 0 Å². The van der Waals surface area contributed by atoms with Gasteiger partial charge in [0.1, 0.15) is 6.04 Å². The molecule has 6 heteroatoms. The molecule has 0 aliphatic rings.